The van der Waals surface area contributed by atoms with Crippen molar-refractivity contribution in [3.8, 4) is 0 Å². The number of hydrogen-bond donors (Lipinski definition) is 1. The summed E-state index contributed by atoms with van der Waals surface area (Å²) in [6.45, 7) is 5.92. The van der Waals surface area contributed by atoms with E-state index in [-0.39, 0.29) is 6.04 Å². The van der Waals surface area contributed by atoms with E-state index < -0.39 is 0 Å². The van der Waals surface area contributed by atoms with Gasteiger partial charge in [0, 0.05) is 19.1 Å². The summed E-state index contributed by atoms with van der Waals surface area (Å²) in [5.41, 5.74) is 7.95. The van der Waals surface area contributed by atoms with Crippen LogP contribution in [0.3, 0.4) is 0 Å². The van der Waals surface area contributed by atoms with Gasteiger partial charge in [-0.25, -0.2) is 4.98 Å². The molecule has 0 amide bonds. The second-order valence-corrected chi connectivity index (χ2v) is 4.25. The Morgan fingerprint density at radius 3 is 2.87 bits per heavy atom. The van der Waals surface area contributed by atoms with Gasteiger partial charge in [-0.05, 0) is 26.7 Å². The molecule has 1 aliphatic heterocycles. The number of piperidine rings is 1. The highest BCUT2D eigenvalue weighted by atomic mass is 15.2. The number of hydrogen-bond acceptors (Lipinski definition) is 4. The molecule has 0 spiro atoms. The maximum atomic E-state index is 5.94. The van der Waals surface area contributed by atoms with Gasteiger partial charge in [0.05, 0.1) is 17.6 Å². The van der Waals surface area contributed by atoms with E-state index in [4.69, 9.17) is 5.73 Å². The highest BCUT2D eigenvalue weighted by Gasteiger charge is 2.18. The summed E-state index contributed by atoms with van der Waals surface area (Å²) in [4.78, 5) is 11.1. The molecule has 0 aliphatic carbocycles. The molecule has 1 saturated heterocycles. The summed E-state index contributed by atoms with van der Waals surface area (Å²) in [6.07, 6.45) is 4.12. The molecule has 15 heavy (non-hydrogen) atoms. The molecule has 2 N–H and O–H groups in total. The largest absolute Gasteiger partial charge is 0.354 e. The van der Waals surface area contributed by atoms with Crippen LogP contribution in [0.25, 0.3) is 0 Å². The smallest absolute Gasteiger partial charge is 0.147 e. The predicted molar refractivity (Wildman–Crippen MR) is 60.9 cm³/mol. The van der Waals surface area contributed by atoms with Gasteiger partial charge in [-0.1, -0.05) is 0 Å². The van der Waals surface area contributed by atoms with Crippen molar-refractivity contribution in [3.05, 3.63) is 17.6 Å². The van der Waals surface area contributed by atoms with Crippen LogP contribution in [0, 0.1) is 13.8 Å². The summed E-state index contributed by atoms with van der Waals surface area (Å²) in [5.74, 6) is 0.966. The van der Waals surface area contributed by atoms with Gasteiger partial charge in [-0.15, -0.1) is 0 Å². The number of anilines is 1. The maximum Gasteiger partial charge on any atom is 0.147 e. The highest BCUT2D eigenvalue weighted by Crippen LogP contribution is 2.17. The normalized spacial score (nSPS) is 21.8. The van der Waals surface area contributed by atoms with Crippen LogP contribution in [0.5, 0.6) is 0 Å². The van der Waals surface area contributed by atoms with Crippen LogP contribution in [0.2, 0.25) is 0 Å². The molecule has 1 aromatic rings. The Morgan fingerprint density at radius 2 is 2.20 bits per heavy atom. The van der Waals surface area contributed by atoms with Crippen molar-refractivity contribution in [1.29, 1.82) is 0 Å². The third kappa shape index (κ3) is 2.26. The lowest BCUT2D eigenvalue weighted by atomic mass is 10.1. The molecule has 0 radical (unpaired) electrons. The van der Waals surface area contributed by atoms with Crippen molar-refractivity contribution in [2.45, 2.75) is 32.7 Å². The van der Waals surface area contributed by atoms with Crippen LogP contribution in [0.4, 0.5) is 5.82 Å². The van der Waals surface area contributed by atoms with Crippen molar-refractivity contribution in [1.82, 2.24) is 9.97 Å². The molecule has 0 unspecified atom stereocenters. The second-order valence-electron chi connectivity index (χ2n) is 4.25. The molecule has 0 bridgehead atoms. The first-order valence-corrected chi connectivity index (χ1v) is 5.47. The first kappa shape index (κ1) is 10.4. The molecular formula is C11H18N4. The second kappa shape index (κ2) is 4.14. The van der Waals surface area contributed by atoms with Crippen LogP contribution in [-0.2, 0) is 0 Å². The molecule has 1 fully saturated rings. The fraction of sp³-hybridized carbons (Fsp3) is 0.636. The number of rotatable bonds is 1. The summed E-state index contributed by atoms with van der Waals surface area (Å²) < 4.78 is 0. The van der Waals surface area contributed by atoms with Gasteiger partial charge >= 0.3 is 0 Å². The molecule has 4 heteroatoms. The third-order valence-electron chi connectivity index (χ3n) is 2.96. The molecular weight excluding hydrogens is 188 g/mol. The molecule has 2 heterocycles. The van der Waals surface area contributed by atoms with E-state index in [9.17, 15) is 0 Å². The van der Waals surface area contributed by atoms with Gasteiger partial charge in [-0.3, -0.25) is 4.98 Å². The first-order valence-electron chi connectivity index (χ1n) is 5.47. The van der Waals surface area contributed by atoms with E-state index in [0.717, 1.165) is 43.1 Å². The van der Waals surface area contributed by atoms with E-state index in [0.29, 0.717) is 0 Å². The van der Waals surface area contributed by atoms with Gasteiger partial charge in [0.25, 0.3) is 0 Å². The summed E-state index contributed by atoms with van der Waals surface area (Å²) in [6, 6.07) is 0.280. The van der Waals surface area contributed by atoms with Crippen molar-refractivity contribution in [2.24, 2.45) is 5.73 Å². The number of nitrogens with two attached hydrogens (primary N) is 1. The van der Waals surface area contributed by atoms with Crippen molar-refractivity contribution in [2.75, 3.05) is 18.0 Å². The van der Waals surface area contributed by atoms with E-state index in [1.807, 2.05) is 20.0 Å². The summed E-state index contributed by atoms with van der Waals surface area (Å²) in [7, 11) is 0. The van der Waals surface area contributed by atoms with Crippen molar-refractivity contribution < 1.29 is 0 Å². The van der Waals surface area contributed by atoms with Gasteiger partial charge < -0.3 is 10.6 Å². The minimum absolute atomic E-state index is 0.280. The SMILES string of the molecule is Cc1ncc(N2CCC[C@@H](N)C2)nc1C. The van der Waals surface area contributed by atoms with E-state index >= 15 is 0 Å². The minimum Gasteiger partial charge on any atom is -0.354 e. The maximum absolute atomic E-state index is 5.94. The Balaban J connectivity index is 2.18. The van der Waals surface area contributed by atoms with Gasteiger partial charge in [0.2, 0.25) is 0 Å². The lowest BCUT2D eigenvalue weighted by Crippen LogP contribution is -2.43. The quantitative estimate of drug-likeness (QED) is 0.745. The Bertz CT molecular complexity index is 350. The molecule has 0 saturated carbocycles. The van der Waals surface area contributed by atoms with Crippen molar-refractivity contribution in [3.63, 3.8) is 0 Å². The monoisotopic (exact) mass is 206 g/mol. The summed E-state index contributed by atoms with van der Waals surface area (Å²) in [5, 5.41) is 0. The zero-order valence-electron chi connectivity index (χ0n) is 9.40. The van der Waals surface area contributed by atoms with E-state index in [2.05, 4.69) is 14.9 Å². The Hall–Kier alpha value is -1.16. The average molecular weight is 206 g/mol. The van der Waals surface area contributed by atoms with Crippen LogP contribution < -0.4 is 10.6 Å². The first-order chi connectivity index (χ1) is 7.16. The van der Waals surface area contributed by atoms with Crippen LogP contribution in [-0.4, -0.2) is 29.1 Å². The lowest BCUT2D eigenvalue weighted by Gasteiger charge is -2.31. The number of aryl methyl sites for hydroxylation is 2. The van der Waals surface area contributed by atoms with Crippen LogP contribution in [0.15, 0.2) is 6.20 Å². The number of nitrogens with zero attached hydrogens (tertiary/aromatic N) is 3. The Labute approximate surface area is 90.5 Å². The van der Waals surface area contributed by atoms with E-state index in [1.54, 1.807) is 0 Å². The Morgan fingerprint density at radius 1 is 1.40 bits per heavy atom. The van der Waals surface area contributed by atoms with Gasteiger partial charge in [0.15, 0.2) is 0 Å². The molecule has 1 aliphatic rings. The zero-order valence-corrected chi connectivity index (χ0v) is 9.40. The third-order valence-corrected chi connectivity index (χ3v) is 2.96. The fourth-order valence-electron chi connectivity index (χ4n) is 1.90. The van der Waals surface area contributed by atoms with Crippen molar-refractivity contribution >= 4 is 5.82 Å². The summed E-state index contributed by atoms with van der Waals surface area (Å²) >= 11 is 0. The van der Waals surface area contributed by atoms with Crippen LogP contribution in [0.1, 0.15) is 24.2 Å². The van der Waals surface area contributed by atoms with E-state index in [1.165, 1.54) is 0 Å². The standard InChI is InChI=1S/C11H18N4/c1-8-9(2)14-11(6-13-8)15-5-3-4-10(12)7-15/h6,10H,3-5,7,12H2,1-2H3/t10-/m1/s1. The highest BCUT2D eigenvalue weighted by molar-refractivity contribution is 5.38. The predicted octanol–water partition coefficient (Wildman–Crippen LogP) is 1.02. The van der Waals surface area contributed by atoms with Gasteiger partial charge in [-0.2, -0.15) is 0 Å². The van der Waals surface area contributed by atoms with Crippen LogP contribution >= 0.6 is 0 Å². The number of aromatic nitrogens is 2. The molecule has 1 atom stereocenters. The lowest BCUT2D eigenvalue weighted by molar-refractivity contribution is 0.502. The molecule has 82 valence electrons. The fourth-order valence-corrected chi connectivity index (χ4v) is 1.90. The molecule has 1 aromatic heterocycles. The average Bonchev–Trinajstić information content (AvgIpc) is 2.22. The Kier molecular flexibility index (Phi) is 2.86. The molecule has 2 rings (SSSR count). The van der Waals surface area contributed by atoms with Gasteiger partial charge in [0.1, 0.15) is 5.82 Å². The molecule has 4 nitrogen and oxygen atoms in total. The molecule has 0 aromatic carbocycles. The topological polar surface area (TPSA) is 55.0 Å². The minimum atomic E-state index is 0.280. The zero-order chi connectivity index (χ0) is 10.8.